The Morgan fingerprint density at radius 3 is 1.28 bits per heavy atom. The van der Waals surface area contributed by atoms with Gasteiger partial charge >= 0.3 is 35.9 Å². The number of carbonyl (C=O) groups excluding carboxylic acids is 12. The van der Waals surface area contributed by atoms with Crippen molar-refractivity contribution in [2.24, 2.45) is 5.73 Å². The van der Waals surface area contributed by atoms with Crippen molar-refractivity contribution in [1.82, 2.24) is 73.1 Å². The number of amides is 11. The molecule has 0 radical (unpaired) electrons. The molecule has 46 nitrogen and oxygen atoms in total. The molecule has 0 saturated carbocycles. The number of hydrogen-bond acceptors (Lipinski definition) is 34. The van der Waals surface area contributed by atoms with E-state index < -0.39 is 264 Å². The normalized spacial score (nSPS) is 13.5. The minimum absolute atomic E-state index is 0.00274. The van der Waals surface area contributed by atoms with E-state index in [0.717, 1.165) is 21.6 Å². The zero-order valence-electron chi connectivity index (χ0n) is 67.3. The third-order valence-corrected chi connectivity index (χ3v) is 22.3. The molecule has 11 amide bonds. The number of nitrogens with one attached hydrogen (secondary N) is 12. The van der Waals surface area contributed by atoms with E-state index in [-0.39, 0.29) is 111 Å². The van der Waals surface area contributed by atoms with Crippen LogP contribution in [0.4, 0.5) is 16.4 Å². The number of hydrogen-bond donors (Lipinski definition) is 24. The summed E-state index contributed by atoms with van der Waals surface area (Å²) in [4.78, 5) is 238. The van der Waals surface area contributed by atoms with Gasteiger partial charge in [0.1, 0.15) is 55.5 Å². The van der Waals surface area contributed by atoms with E-state index in [9.17, 15) is 127 Å². The number of H-pyrrole nitrogens is 1. The van der Waals surface area contributed by atoms with Gasteiger partial charge in [0.2, 0.25) is 59.1 Å². The Labute approximate surface area is 720 Å². The Morgan fingerprint density at radius 2 is 0.854 bits per heavy atom. The molecule has 0 saturated heterocycles. The van der Waals surface area contributed by atoms with Crippen LogP contribution in [0.2, 0.25) is 0 Å². The number of carbonyl (C=O) groups is 16. The van der Waals surface area contributed by atoms with Crippen LogP contribution in [0.15, 0.2) is 35.3 Å². The second-order valence-electron chi connectivity index (χ2n) is 27.5. The first-order chi connectivity index (χ1) is 58.6. The first-order valence-electron chi connectivity index (χ1n) is 39.2. The molecule has 0 aliphatic rings. The molecule has 0 bridgehead atoms. The molecule has 0 spiro atoms. The summed E-state index contributed by atoms with van der Waals surface area (Å²) in [6.45, 7) is -1.60. The predicted octanol–water partition coefficient (Wildman–Crippen LogP) is -3.36. The lowest BCUT2D eigenvalue weighted by atomic mass is 10.0. The van der Waals surface area contributed by atoms with Gasteiger partial charge in [0, 0.05) is 98.8 Å². The Hall–Kier alpha value is -10.5. The number of aliphatic carboxylic acids is 4. The number of aliphatic hydroxyl groups is 6. The summed E-state index contributed by atoms with van der Waals surface area (Å²) in [5, 5.41) is 124. The molecule has 2 heterocycles. The van der Waals surface area contributed by atoms with Crippen LogP contribution in [0.5, 0.6) is 0 Å². The zero-order chi connectivity index (χ0) is 91.2. The highest BCUT2D eigenvalue weighted by molar-refractivity contribution is 8.77. The number of primary amides is 1. The van der Waals surface area contributed by atoms with E-state index in [1.165, 1.54) is 52.1 Å². The summed E-state index contributed by atoms with van der Waals surface area (Å²) in [6.07, 6.45) is -7.58. The third kappa shape index (κ3) is 47.1. The molecule has 3 aromatic rings. The lowest BCUT2D eigenvalue weighted by molar-refractivity contribution is -0.144. The minimum Gasteiger partial charge on any atom is -0.481 e. The van der Waals surface area contributed by atoms with E-state index in [2.05, 4.69) is 83.2 Å². The van der Waals surface area contributed by atoms with Crippen molar-refractivity contribution >= 4 is 161 Å². The van der Waals surface area contributed by atoms with Gasteiger partial charge in [-0.15, -0.1) is 0 Å². The zero-order valence-corrected chi connectivity index (χ0v) is 70.5. The van der Waals surface area contributed by atoms with Crippen molar-refractivity contribution in [1.29, 1.82) is 0 Å². The van der Waals surface area contributed by atoms with E-state index >= 15 is 0 Å². The Morgan fingerprint density at radius 1 is 0.447 bits per heavy atom. The number of esters is 1. The number of unbranched alkanes of at least 4 members (excludes halogenated alkanes) is 3. The van der Waals surface area contributed by atoms with E-state index in [1.807, 2.05) is 0 Å². The van der Waals surface area contributed by atoms with Crippen molar-refractivity contribution in [3.63, 3.8) is 0 Å². The van der Waals surface area contributed by atoms with Gasteiger partial charge in [-0.1, -0.05) is 43.2 Å². The summed E-state index contributed by atoms with van der Waals surface area (Å²) in [5.41, 5.74) is 10.9. The van der Waals surface area contributed by atoms with Gasteiger partial charge in [-0.3, -0.25) is 72.1 Å². The Bertz CT molecular complexity index is 3990. The lowest BCUT2D eigenvalue weighted by Crippen LogP contribution is -2.59. The van der Waals surface area contributed by atoms with Crippen LogP contribution in [0.1, 0.15) is 157 Å². The number of carboxylic acids is 4. The molecule has 0 aliphatic carbocycles. The maximum Gasteiger partial charge on any atom is 0.404 e. The fraction of sp³-hybridized carbons (Fsp3) is 0.616. The summed E-state index contributed by atoms with van der Waals surface area (Å²) >= 11 is 0. The van der Waals surface area contributed by atoms with Gasteiger partial charge in [0.25, 0.3) is 11.5 Å². The molecule has 26 N–H and O–H groups in total. The maximum atomic E-state index is 14.7. The lowest BCUT2D eigenvalue weighted by Gasteiger charge is -2.27. The number of aliphatic hydroxyl groups excluding tert-OH is 6. The number of fused-ring (bicyclic) bond motifs is 1. The third-order valence-electron chi connectivity index (χ3n) is 17.6. The summed E-state index contributed by atoms with van der Waals surface area (Å²) in [6, 6.07) is -6.79. The first-order valence-corrected chi connectivity index (χ1v) is 44.2. The van der Waals surface area contributed by atoms with Crippen LogP contribution < -0.4 is 75.5 Å². The minimum atomic E-state index is -2.00. The molecule has 0 fully saturated rings. The highest BCUT2D eigenvalue weighted by Gasteiger charge is 2.36. The quantitative estimate of drug-likeness (QED) is 0.0149. The SMILES string of the molecule is NC(=O)OCCSSCCC(=O)NC(CCC(=O)NCCCC[C@H](O)CO)C(=O)NC(CCC(=O)O)C(=O)NC(CCC(=O)NCCCC[C@H](O)CO)C(=O)NC(CCC(=O)O)C(=O)NC(CCC(=O)NCCCC[C@H](O)CO)C(=O)NC(CSSCCOC(=O)CCC(NC(=O)c1ccc(NCc2cnc3nc(N)[nH]c(=O)c3n2)cc1)C(=O)O)C(=O)O. The fourth-order valence-electron chi connectivity index (χ4n) is 10.9. The number of aromatic nitrogens is 4. The standard InChI is InChI=1S/C73H111N17O29S4/c74-72-89-62-61(69(112)90-72)81-43(36-80-62)35-79-42-12-10-41(11-13-42)63(106)87-52(70(113)114)19-25-60(105)118-30-33-122-123-40-53(71(115)116)88-68(111)49(16-22-56(99)78-29-6-3-9-46(96)39-93)84-67(110)51(18-24-59(103)104)86-65(108)48(15-21-55(98)77-28-5-2-8-45(95)38-92)83-66(109)50(17-23-58(101)102)85-64(107)47(14-20-54(97)76-27-4-1-7-44(94)37-91)82-57(100)26-32-120-121-34-31-119-73(75)117/h10-13,36,44-53,79,91-96H,1-9,14-35,37-40H2,(H2,75,117)(H,76,97)(H,77,98)(H,78,99)(H,82,100)(H,83,109)(H,84,110)(H,85,107)(H,86,108)(H,87,106)(H,88,111)(H,101,102)(H,103,104)(H,113,114)(H,115,116)(H3,74,80,89,90,112)/t44-,45-,46-,47?,48?,49?,50?,51?,52?,53?/m0/s1. The van der Waals surface area contributed by atoms with Crippen molar-refractivity contribution < 1.29 is 137 Å². The van der Waals surface area contributed by atoms with Gasteiger partial charge in [-0.2, -0.15) is 4.98 Å². The average Bonchev–Trinajstić information content (AvgIpc) is 0.816. The maximum absolute atomic E-state index is 14.7. The van der Waals surface area contributed by atoms with Gasteiger partial charge in [0.05, 0.1) is 56.6 Å². The van der Waals surface area contributed by atoms with Crippen molar-refractivity contribution in [2.75, 3.05) is 86.7 Å². The summed E-state index contributed by atoms with van der Waals surface area (Å²) in [5.74, 6) is -17.0. The second-order valence-corrected chi connectivity index (χ2v) is 32.8. The van der Waals surface area contributed by atoms with Crippen LogP contribution in [-0.2, 0) is 83.1 Å². The molecule has 1 aromatic carbocycles. The van der Waals surface area contributed by atoms with Gasteiger partial charge in [-0.25, -0.2) is 24.4 Å². The molecule has 50 heteroatoms. The molecule has 10 atom stereocenters. The van der Waals surface area contributed by atoms with Crippen LogP contribution in [0.25, 0.3) is 11.2 Å². The predicted molar refractivity (Wildman–Crippen MR) is 446 cm³/mol. The highest BCUT2D eigenvalue weighted by Crippen LogP contribution is 2.24. The second kappa shape index (κ2) is 60.9. The topological polar surface area (TPSA) is 750 Å². The smallest absolute Gasteiger partial charge is 0.404 e. The molecule has 7 unspecified atom stereocenters. The molecule has 3 rings (SSSR count). The molecular weight excluding hydrogens is 1710 g/mol. The van der Waals surface area contributed by atoms with Crippen molar-refractivity contribution in [3.8, 4) is 0 Å². The summed E-state index contributed by atoms with van der Waals surface area (Å²) < 4.78 is 9.91. The Kier molecular flexibility index (Phi) is 52.9. The highest BCUT2D eigenvalue weighted by atomic mass is 33.1. The van der Waals surface area contributed by atoms with Crippen LogP contribution in [-0.4, -0.2) is 302 Å². The molecule has 2 aromatic heterocycles. The van der Waals surface area contributed by atoms with E-state index in [1.54, 1.807) is 0 Å². The number of aromatic amines is 1. The van der Waals surface area contributed by atoms with Crippen LogP contribution >= 0.6 is 43.2 Å². The van der Waals surface area contributed by atoms with Crippen molar-refractivity contribution in [3.05, 3.63) is 52.1 Å². The number of anilines is 2. The number of nitrogens with two attached hydrogens (primary N) is 2. The number of nitrogen functional groups attached to an aromatic ring is 1. The summed E-state index contributed by atoms with van der Waals surface area (Å²) in [7, 11) is 4.23. The van der Waals surface area contributed by atoms with Crippen molar-refractivity contribution in [2.45, 2.75) is 208 Å². The number of benzene rings is 1. The largest absolute Gasteiger partial charge is 0.481 e. The number of carboxylic acid groups (broad SMARTS) is 4. The number of ether oxygens (including phenoxy) is 2. The number of rotatable bonds is 67. The van der Waals surface area contributed by atoms with Crippen LogP contribution in [0.3, 0.4) is 0 Å². The van der Waals surface area contributed by atoms with Gasteiger partial charge < -0.3 is 130 Å². The fourth-order valence-corrected chi connectivity index (χ4v) is 14.7. The Balaban J connectivity index is 1.85. The average molecular weight is 1820 g/mol. The molecular formula is C73H111N17O29S4. The van der Waals surface area contributed by atoms with E-state index in [0.29, 0.717) is 43.5 Å². The molecule has 686 valence electrons. The van der Waals surface area contributed by atoms with E-state index in [4.69, 9.17) is 21.3 Å². The molecule has 123 heavy (non-hydrogen) atoms. The first kappa shape index (κ1) is 107. The van der Waals surface area contributed by atoms with Gasteiger partial charge in [-0.05, 0) is 121 Å². The van der Waals surface area contributed by atoms with Crippen LogP contribution in [0, 0.1) is 0 Å². The molecule has 0 aliphatic heterocycles. The monoisotopic (exact) mass is 1820 g/mol. The number of nitrogens with zero attached hydrogens (tertiary/aromatic N) is 3. The van der Waals surface area contributed by atoms with Gasteiger partial charge in [0.15, 0.2) is 11.2 Å².